The van der Waals surface area contributed by atoms with Crippen molar-refractivity contribution in [2.45, 2.75) is 19.1 Å². The van der Waals surface area contributed by atoms with Crippen LogP contribution in [-0.4, -0.2) is 30.7 Å². The lowest BCUT2D eigenvalue weighted by Gasteiger charge is -2.26. The van der Waals surface area contributed by atoms with Crippen LogP contribution in [0.4, 0.5) is 5.69 Å². The van der Waals surface area contributed by atoms with Crippen molar-refractivity contribution >= 4 is 17.6 Å². The zero-order valence-electron chi connectivity index (χ0n) is 16.4. The minimum absolute atomic E-state index is 0.0288. The normalized spacial score (nSPS) is 15.7. The molecule has 1 amide bonds. The van der Waals surface area contributed by atoms with E-state index >= 15 is 0 Å². The quantitative estimate of drug-likeness (QED) is 0.651. The predicted molar refractivity (Wildman–Crippen MR) is 112 cm³/mol. The number of anilines is 1. The van der Waals surface area contributed by atoms with E-state index in [0.29, 0.717) is 17.2 Å². The summed E-state index contributed by atoms with van der Waals surface area (Å²) in [5, 5.41) is 2.84. The molecule has 152 valence electrons. The molecule has 0 aliphatic carbocycles. The molecule has 3 aromatic carbocycles. The van der Waals surface area contributed by atoms with Crippen molar-refractivity contribution < 1.29 is 23.8 Å². The van der Waals surface area contributed by atoms with Crippen molar-refractivity contribution in [1.29, 1.82) is 0 Å². The van der Waals surface area contributed by atoms with Gasteiger partial charge in [0.25, 0.3) is 5.91 Å². The Balaban J connectivity index is 1.40. The van der Waals surface area contributed by atoms with E-state index in [9.17, 15) is 9.59 Å². The number of hydrogen-bond donors (Lipinski definition) is 1. The van der Waals surface area contributed by atoms with Crippen LogP contribution in [0, 0.1) is 0 Å². The molecule has 1 N–H and O–H groups in total. The molecule has 2 atom stereocenters. The van der Waals surface area contributed by atoms with E-state index in [2.05, 4.69) is 5.32 Å². The molecule has 0 unspecified atom stereocenters. The van der Waals surface area contributed by atoms with Crippen molar-refractivity contribution in [2.24, 2.45) is 0 Å². The summed E-state index contributed by atoms with van der Waals surface area (Å²) >= 11 is 0. The van der Waals surface area contributed by atoms with Crippen LogP contribution in [0.2, 0.25) is 0 Å². The van der Waals surface area contributed by atoms with Crippen LogP contribution < -0.4 is 14.8 Å². The molecule has 1 heterocycles. The maximum Gasteiger partial charge on any atom is 0.351 e. The van der Waals surface area contributed by atoms with Crippen LogP contribution in [0.3, 0.4) is 0 Å². The molecule has 0 fully saturated rings. The lowest BCUT2D eigenvalue weighted by Crippen LogP contribution is -2.41. The molecule has 1 aliphatic rings. The van der Waals surface area contributed by atoms with Gasteiger partial charge in [-0.25, -0.2) is 4.79 Å². The van der Waals surface area contributed by atoms with Gasteiger partial charge in [-0.1, -0.05) is 60.7 Å². The van der Waals surface area contributed by atoms with Gasteiger partial charge in [-0.3, -0.25) is 4.79 Å². The monoisotopic (exact) mass is 403 g/mol. The van der Waals surface area contributed by atoms with Crippen LogP contribution in [0.1, 0.15) is 6.92 Å². The van der Waals surface area contributed by atoms with Crippen molar-refractivity contribution in [3.05, 3.63) is 78.9 Å². The number of para-hydroxylation sites is 3. The number of benzene rings is 3. The second kappa shape index (κ2) is 8.69. The maximum atomic E-state index is 12.7. The van der Waals surface area contributed by atoms with Crippen molar-refractivity contribution in [3.8, 4) is 22.6 Å². The van der Waals surface area contributed by atoms with Crippen LogP contribution in [0.15, 0.2) is 78.9 Å². The first-order chi connectivity index (χ1) is 14.6. The van der Waals surface area contributed by atoms with Crippen molar-refractivity contribution in [1.82, 2.24) is 0 Å². The summed E-state index contributed by atoms with van der Waals surface area (Å²) in [4.78, 5) is 25.1. The number of carbonyl (C=O) groups excluding carboxylic acids is 2. The highest BCUT2D eigenvalue weighted by Gasteiger charge is 2.31. The first kappa shape index (κ1) is 19.5. The number of esters is 1. The Morgan fingerprint density at radius 3 is 2.40 bits per heavy atom. The number of fused-ring (bicyclic) bond motifs is 1. The van der Waals surface area contributed by atoms with E-state index in [0.717, 1.165) is 11.1 Å². The SMILES string of the molecule is C[C@H](OC(=O)[C@@H]1COc2ccccc2O1)C(=O)Nc1ccccc1-c1ccccc1. The van der Waals surface area contributed by atoms with Crippen LogP contribution in [0.25, 0.3) is 11.1 Å². The second-order valence-electron chi connectivity index (χ2n) is 6.84. The summed E-state index contributed by atoms with van der Waals surface area (Å²) < 4.78 is 16.5. The molecule has 6 nitrogen and oxygen atoms in total. The summed E-state index contributed by atoms with van der Waals surface area (Å²) in [5.41, 5.74) is 2.50. The molecule has 0 radical (unpaired) electrons. The van der Waals surface area contributed by atoms with Gasteiger partial charge >= 0.3 is 5.97 Å². The molecular formula is C24H21NO5. The highest BCUT2D eigenvalue weighted by Crippen LogP contribution is 2.31. The van der Waals surface area contributed by atoms with Gasteiger partial charge in [0.1, 0.15) is 6.61 Å². The van der Waals surface area contributed by atoms with Gasteiger partial charge < -0.3 is 19.5 Å². The molecule has 1 aliphatic heterocycles. The molecule has 0 saturated heterocycles. The lowest BCUT2D eigenvalue weighted by atomic mass is 10.0. The Bertz CT molecular complexity index is 1050. The van der Waals surface area contributed by atoms with Gasteiger partial charge in [0.2, 0.25) is 6.10 Å². The van der Waals surface area contributed by atoms with E-state index in [-0.39, 0.29) is 6.61 Å². The average molecular weight is 403 g/mol. The summed E-state index contributed by atoms with van der Waals surface area (Å²) in [6.07, 6.45) is -1.92. The smallest absolute Gasteiger partial charge is 0.351 e. The van der Waals surface area contributed by atoms with Gasteiger partial charge in [0, 0.05) is 11.3 Å². The number of amides is 1. The fraction of sp³-hybridized carbons (Fsp3) is 0.167. The van der Waals surface area contributed by atoms with Crippen LogP contribution >= 0.6 is 0 Å². The van der Waals surface area contributed by atoms with Gasteiger partial charge in [0.15, 0.2) is 17.6 Å². The Kier molecular flexibility index (Phi) is 5.66. The second-order valence-corrected chi connectivity index (χ2v) is 6.84. The third-order valence-corrected chi connectivity index (χ3v) is 4.70. The molecular weight excluding hydrogens is 382 g/mol. The summed E-state index contributed by atoms with van der Waals surface area (Å²) in [6.45, 7) is 1.55. The molecule has 30 heavy (non-hydrogen) atoms. The maximum absolute atomic E-state index is 12.7. The first-order valence-corrected chi connectivity index (χ1v) is 9.66. The highest BCUT2D eigenvalue weighted by molar-refractivity contribution is 5.98. The van der Waals surface area contributed by atoms with Crippen molar-refractivity contribution in [3.63, 3.8) is 0 Å². The minimum atomic E-state index is -0.998. The molecule has 0 aromatic heterocycles. The fourth-order valence-electron chi connectivity index (χ4n) is 3.14. The Morgan fingerprint density at radius 2 is 1.60 bits per heavy atom. The molecule has 3 aromatic rings. The topological polar surface area (TPSA) is 73.9 Å². The Hall–Kier alpha value is -3.80. The van der Waals surface area contributed by atoms with Crippen molar-refractivity contribution in [2.75, 3.05) is 11.9 Å². The number of carbonyl (C=O) groups is 2. The molecule has 6 heteroatoms. The number of hydrogen-bond acceptors (Lipinski definition) is 5. The summed E-state index contributed by atoms with van der Waals surface area (Å²) in [5.74, 6) is -0.0307. The van der Waals surface area contributed by atoms with Crippen LogP contribution in [-0.2, 0) is 14.3 Å². The van der Waals surface area contributed by atoms with E-state index < -0.39 is 24.1 Å². The Morgan fingerprint density at radius 1 is 0.933 bits per heavy atom. The molecule has 0 bridgehead atoms. The molecule has 0 spiro atoms. The van der Waals surface area contributed by atoms with E-state index in [4.69, 9.17) is 14.2 Å². The van der Waals surface area contributed by atoms with E-state index in [1.54, 1.807) is 18.2 Å². The first-order valence-electron chi connectivity index (χ1n) is 9.66. The Labute approximate surface area is 174 Å². The highest BCUT2D eigenvalue weighted by atomic mass is 16.6. The number of nitrogens with one attached hydrogen (secondary N) is 1. The third kappa shape index (κ3) is 4.27. The van der Waals surface area contributed by atoms with Crippen LogP contribution in [0.5, 0.6) is 11.5 Å². The summed E-state index contributed by atoms with van der Waals surface area (Å²) in [7, 11) is 0. The van der Waals surface area contributed by atoms with E-state index in [1.807, 2.05) is 60.7 Å². The van der Waals surface area contributed by atoms with Gasteiger partial charge in [-0.15, -0.1) is 0 Å². The zero-order chi connectivity index (χ0) is 20.9. The van der Waals surface area contributed by atoms with E-state index in [1.165, 1.54) is 6.92 Å². The molecule has 0 saturated carbocycles. The van der Waals surface area contributed by atoms with Gasteiger partial charge in [-0.2, -0.15) is 0 Å². The average Bonchev–Trinajstić information content (AvgIpc) is 2.79. The fourth-order valence-corrected chi connectivity index (χ4v) is 3.14. The zero-order valence-corrected chi connectivity index (χ0v) is 16.4. The predicted octanol–water partition coefficient (Wildman–Crippen LogP) is 4.06. The summed E-state index contributed by atoms with van der Waals surface area (Å²) in [6, 6.07) is 24.3. The number of rotatable bonds is 5. The number of ether oxygens (including phenoxy) is 3. The standard InChI is InChI=1S/C24H21NO5/c1-16(29-24(27)22-15-28-20-13-7-8-14-21(20)30-22)23(26)25-19-12-6-5-11-18(19)17-9-3-2-4-10-17/h2-14,16,22H,15H2,1H3,(H,25,26)/t16-,22-/m0/s1. The minimum Gasteiger partial charge on any atom is -0.485 e. The van der Waals surface area contributed by atoms with Gasteiger partial charge in [-0.05, 0) is 30.7 Å². The lowest BCUT2D eigenvalue weighted by molar-refractivity contribution is -0.162. The third-order valence-electron chi connectivity index (χ3n) is 4.70. The molecule has 4 rings (SSSR count). The van der Waals surface area contributed by atoms with Gasteiger partial charge in [0.05, 0.1) is 0 Å². The largest absolute Gasteiger partial charge is 0.485 e.